The van der Waals surface area contributed by atoms with Crippen LogP contribution in [-0.4, -0.2) is 19.2 Å². The monoisotopic (exact) mass is 291 g/mol. The van der Waals surface area contributed by atoms with Crippen LogP contribution in [0.5, 0.6) is 5.75 Å². The molecule has 0 fully saturated rings. The molecule has 0 heterocycles. The SMILES string of the molecule is CCNC(C)CCCCOc1cc(C)ccc1C(C)(C)C. The standard InChI is InChI=1S/C19H33NO/c1-7-20-16(3)10-8-9-13-21-18-14-15(2)11-12-17(18)19(4,5)6/h11-12,14,16,20H,7-10,13H2,1-6H3. The maximum absolute atomic E-state index is 6.07. The van der Waals surface area contributed by atoms with Crippen molar-refractivity contribution in [3.05, 3.63) is 29.3 Å². The highest BCUT2D eigenvalue weighted by molar-refractivity contribution is 5.41. The topological polar surface area (TPSA) is 21.3 Å². The number of hydrogen-bond acceptors (Lipinski definition) is 2. The number of hydrogen-bond donors (Lipinski definition) is 1. The average molecular weight is 291 g/mol. The molecule has 1 unspecified atom stereocenters. The molecule has 0 bridgehead atoms. The molecule has 2 heteroatoms. The molecule has 21 heavy (non-hydrogen) atoms. The van der Waals surface area contributed by atoms with E-state index in [9.17, 15) is 0 Å². The molecule has 1 aromatic rings. The Balaban J connectivity index is 2.46. The fourth-order valence-corrected chi connectivity index (χ4v) is 2.55. The first-order valence-corrected chi connectivity index (χ1v) is 8.32. The number of rotatable bonds is 8. The van der Waals surface area contributed by atoms with Crippen LogP contribution >= 0.6 is 0 Å². The van der Waals surface area contributed by atoms with E-state index in [1.807, 2.05) is 0 Å². The number of aryl methyl sites for hydroxylation is 1. The van der Waals surface area contributed by atoms with Crippen LogP contribution in [0.25, 0.3) is 0 Å². The average Bonchev–Trinajstić information content (AvgIpc) is 2.37. The largest absolute Gasteiger partial charge is 0.493 e. The fourth-order valence-electron chi connectivity index (χ4n) is 2.55. The van der Waals surface area contributed by atoms with Crippen LogP contribution in [0.15, 0.2) is 18.2 Å². The zero-order chi connectivity index (χ0) is 15.9. The molecule has 0 aliphatic carbocycles. The summed E-state index contributed by atoms with van der Waals surface area (Å²) in [5, 5.41) is 3.45. The van der Waals surface area contributed by atoms with Gasteiger partial charge in [-0.25, -0.2) is 0 Å². The van der Waals surface area contributed by atoms with Crippen LogP contribution in [0.2, 0.25) is 0 Å². The molecule has 1 N–H and O–H groups in total. The van der Waals surface area contributed by atoms with Crippen LogP contribution in [0.3, 0.4) is 0 Å². The third-order valence-electron chi connectivity index (χ3n) is 3.79. The maximum Gasteiger partial charge on any atom is 0.123 e. The second-order valence-corrected chi connectivity index (χ2v) is 7.05. The van der Waals surface area contributed by atoms with E-state index < -0.39 is 0 Å². The number of ether oxygens (including phenoxy) is 1. The van der Waals surface area contributed by atoms with E-state index in [4.69, 9.17) is 4.74 Å². The van der Waals surface area contributed by atoms with Gasteiger partial charge in [0.05, 0.1) is 6.61 Å². The minimum absolute atomic E-state index is 0.128. The van der Waals surface area contributed by atoms with Gasteiger partial charge in [0.1, 0.15) is 5.75 Å². The van der Waals surface area contributed by atoms with Crippen molar-refractivity contribution in [1.82, 2.24) is 5.32 Å². The molecular weight excluding hydrogens is 258 g/mol. The van der Waals surface area contributed by atoms with Gasteiger partial charge in [-0.2, -0.15) is 0 Å². The Labute approximate surface area is 131 Å². The lowest BCUT2D eigenvalue weighted by molar-refractivity contribution is 0.294. The van der Waals surface area contributed by atoms with Gasteiger partial charge in [0, 0.05) is 6.04 Å². The first-order valence-electron chi connectivity index (χ1n) is 8.32. The molecule has 0 amide bonds. The molecule has 0 saturated carbocycles. The molecule has 0 spiro atoms. The Kier molecular flexibility index (Phi) is 7.24. The minimum atomic E-state index is 0.128. The predicted octanol–water partition coefficient (Wildman–Crippen LogP) is 4.84. The van der Waals surface area contributed by atoms with E-state index in [-0.39, 0.29) is 5.41 Å². The molecule has 0 aliphatic rings. The molecule has 1 aromatic carbocycles. The van der Waals surface area contributed by atoms with Gasteiger partial charge in [-0.1, -0.05) is 39.8 Å². The third kappa shape index (κ3) is 6.52. The van der Waals surface area contributed by atoms with Crippen molar-refractivity contribution in [2.24, 2.45) is 0 Å². The molecule has 1 atom stereocenters. The van der Waals surface area contributed by atoms with E-state index in [1.54, 1.807) is 0 Å². The highest BCUT2D eigenvalue weighted by Gasteiger charge is 2.18. The van der Waals surface area contributed by atoms with Crippen molar-refractivity contribution >= 4 is 0 Å². The summed E-state index contributed by atoms with van der Waals surface area (Å²) in [4.78, 5) is 0. The summed E-state index contributed by atoms with van der Waals surface area (Å²) in [5.41, 5.74) is 2.69. The van der Waals surface area contributed by atoms with Gasteiger partial charge in [0.15, 0.2) is 0 Å². The normalized spacial score (nSPS) is 13.2. The maximum atomic E-state index is 6.07. The smallest absolute Gasteiger partial charge is 0.123 e. The molecule has 1 rings (SSSR count). The highest BCUT2D eigenvalue weighted by atomic mass is 16.5. The Morgan fingerprint density at radius 3 is 2.52 bits per heavy atom. The molecule has 0 aliphatic heterocycles. The summed E-state index contributed by atoms with van der Waals surface area (Å²) in [6.07, 6.45) is 3.55. The van der Waals surface area contributed by atoms with Gasteiger partial charge < -0.3 is 10.1 Å². The van der Waals surface area contributed by atoms with Crippen molar-refractivity contribution in [1.29, 1.82) is 0 Å². The molecule has 120 valence electrons. The second kappa shape index (κ2) is 8.43. The number of unbranched alkanes of at least 4 members (excludes halogenated alkanes) is 1. The Morgan fingerprint density at radius 2 is 1.90 bits per heavy atom. The Morgan fingerprint density at radius 1 is 1.19 bits per heavy atom. The summed E-state index contributed by atoms with van der Waals surface area (Å²) in [6, 6.07) is 7.16. The van der Waals surface area contributed by atoms with Gasteiger partial charge >= 0.3 is 0 Å². The van der Waals surface area contributed by atoms with Crippen LogP contribution in [0, 0.1) is 6.92 Å². The van der Waals surface area contributed by atoms with E-state index in [2.05, 4.69) is 65.1 Å². The first kappa shape index (κ1) is 18.0. The lowest BCUT2D eigenvalue weighted by Gasteiger charge is -2.23. The second-order valence-electron chi connectivity index (χ2n) is 7.05. The summed E-state index contributed by atoms with van der Waals surface area (Å²) in [7, 11) is 0. The summed E-state index contributed by atoms with van der Waals surface area (Å²) in [5.74, 6) is 1.06. The van der Waals surface area contributed by atoms with Crippen LogP contribution in [0.4, 0.5) is 0 Å². The summed E-state index contributed by atoms with van der Waals surface area (Å²) in [6.45, 7) is 15.1. The summed E-state index contributed by atoms with van der Waals surface area (Å²) >= 11 is 0. The molecule has 0 saturated heterocycles. The first-order chi connectivity index (χ1) is 9.84. The Bertz CT molecular complexity index is 420. The van der Waals surface area contributed by atoms with E-state index in [1.165, 1.54) is 24.0 Å². The fraction of sp³-hybridized carbons (Fsp3) is 0.684. The van der Waals surface area contributed by atoms with Crippen molar-refractivity contribution in [2.75, 3.05) is 13.2 Å². The van der Waals surface area contributed by atoms with Crippen LogP contribution < -0.4 is 10.1 Å². The van der Waals surface area contributed by atoms with Gasteiger partial charge in [0.25, 0.3) is 0 Å². The van der Waals surface area contributed by atoms with Gasteiger partial charge in [-0.3, -0.25) is 0 Å². The minimum Gasteiger partial charge on any atom is -0.493 e. The van der Waals surface area contributed by atoms with E-state index in [0.29, 0.717) is 6.04 Å². The molecule has 2 nitrogen and oxygen atoms in total. The predicted molar refractivity (Wildman–Crippen MR) is 92.4 cm³/mol. The van der Waals surface area contributed by atoms with Crippen LogP contribution in [-0.2, 0) is 5.41 Å². The highest BCUT2D eigenvalue weighted by Crippen LogP contribution is 2.32. The van der Waals surface area contributed by atoms with Gasteiger partial charge in [-0.15, -0.1) is 0 Å². The Hall–Kier alpha value is -1.02. The lowest BCUT2D eigenvalue weighted by atomic mass is 9.86. The molecular formula is C19H33NO. The zero-order valence-electron chi connectivity index (χ0n) is 14.8. The number of benzene rings is 1. The van der Waals surface area contributed by atoms with Crippen molar-refractivity contribution in [2.45, 2.75) is 72.3 Å². The molecule has 0 aromatic heterocycles. The van der Waals surface area contributed by atoms with E-state index in [0.717, 1.165) is 25.3 Å². The van der Waals surface area contributed by atoms with Gasteiger partial charge in [0.2, 0.25) is 0 Å². The zero-order valence-corrected chi connectivity index (χ0v) is 14.8. The summed E-state index contributed by atoms with van der Waals surface area (Å²) < 4.78 is 6.07. The van der Waals surface area contributed by atoms with E-state index >= 15 is 0 Å². The lowest BCUT2D eigenvalue weighted by Crippen LogP contribution is -2.25. The van der Waals surface area contributed by atoms with Crippen molar-refractivity contribution < 1.29 is 4.74 Å². The number of nitrogens with one attached hydrogen (secondary N) is 1. The molecule has 0 radical (unpaired) electrons. The van der Waals surface area contributed by atoms with Gasteiger partial charge in [-0.05, 0) is 62.3 Å². The van der Waals surface area contributed by atoms with Crippen molar-refractivity contribution in [3.63, 3.8) is 0 Å². The van der Waals surface area contributed by atoms with Crippen molar-refractivity contribution in [3.8, 4) is 5.75 Å². The van der Waals surface area contributed by atoms with Crippen LogP contribution in [0.1, 0.15) is 65.0 Å². The quantitative estimate of drug-likeness (QED) is 0.692. The third-order valence-corrected chi connectivity index (χ3v) is 3.79.